The Morgan fingerprint density at radius 3 is 2.89 bits per heavy atom. The van der Waals surface area contributed by atoms with Crippen LogP contribution in [0.4, 0.5) is 4.79 Å². The summed E-state index contributed by atoms with van der Waals surface area (Å²) in [6.07, 6.45) is 2.90. The molecule has 0 aliphatic heterocycles. The van der Waals surface area contributed by atoms with E-state index in [1.165, 1.54) is 10.6 Å². The maximum Gasteiger partial charge on any atom is 0.316 e. The molecule has 0 spiro atoms. The van der Waals surface area contributed by atoms with Crippen molar-refractivity contribution in [1.82, 2.24) is 25.3 Å². The summed E-state index contributed by atoms with van der Waals surface area (Å²) >= 11 is 0. The second kappa shape index (κ2) is 7.71. The summed E-state index contributed by atoms with van der Waals surface area (Å²) in [5, 5.41) is 10.3. The van der Waals surface area contributed by atoms with Gasteiger partial charge in [0.25, 0.3) is 0 Å². The molecule has 0 aliphatic rings. The van der Waals surface area contributed by atoms with Crippen LogP contribution in [0.15, 0.2) is 12.3 Å². The molecule has 6 heteroatoms. The summed E-state index contributed by atoms with van der Waals surface area (Å²) in [5.74, 6) is 0. The van der Waals surface area contributed by atoms with Gasteiger partial charge in [-0.05, 0) is 12.5 Å². The molecule has 102 valence electrons. The summed E-state index contributed by atoms with van der Waals surface area (Å²) in [7, 11) is 3.46. The number of aryl methyl sites for hydroxylation is 1. The Morgan fingerprint density at radius 2 is 2.22 bits per heavy atom. The fourth-order valence-corrected chi connectivity index (χ4v) is 1.56. The van der Waals surface area contributed by atoms with Gasteiger partial charge in [0, 0.05) is 46.5 Å². The number of amides is 2. The molecule has 0 atom stereocenters. The number of hydrogen-bond donors (Lipinski definition) is 2. The van der Waals surface area contributed by atoms with Gasteiger partial charge >= 0.3 is 6.03 Å². The zero-order chi connectivity index (χ0) is 13.4. The lowest BCUT2D eigenvalue weighted by molar-refractivity contribution is 0.217. The summed E-state index contributed by atoms with van der Waals surface area (Å²) in [4.78, 5) is 12.8. The molecule has 0 unspecified atom stereocenters. The van der Waals surface area contributed by atoms with Gasteiger partial charge in [0.2, 0.25) is 0 Å². The highest BCUT2D eigenvalue weighted by Crippen LogP contribution is 1.99. The third kappa shape index (κ3) is 4.75. The van der Waals surface area contributed by atoms with Crippen LogP contribution in [0.1, 0.15) is 19.0 Å². The van der Waals surface area contributed by atoms with Crippen molar-refractivity contribution >= 4 is 6.03 Å². The lowest BCUT2D eigenvalue weighted by atomic mass is 10.4. The highest BCUT2D eigenvalue weighted by atomic mass is 16.2. The number of aromatic nitrogens is 2. The van der Waals surface area contributed by atoms with Crippen molar-refractivity contribution in [1.29, 1.82) is 0 Å². The lowest BCUT2D eigenvalue weighted by Crippen LogP contribution is -2.38. The highest BCUT2D eigenvalue weighted by Gasteiger charge is 2.02. The van der Waals surface area contributed by atoms with Crippen LogP contribution in [0.2, 0.25) is 0 Å². The Balaban J connectivity index is 2.17. The number of nitrogens with zero attached hydrogens (tertiary/aromatic N) is 3. The third-order valence-corrected chi connectivity index (χ3v) is 2.53. The first kappa shape index (κ1) is 14.5. The van der Waals surface area contributed by atoms with E-state index in [0.717, 1.165) is 26.1 Å². The fourth-order valence-electron chi connectivity index (χ4n) is 1.56. The minimum atomic E-state index is -0.0622. The Kier molecular flexibility index (Phi) is 6.21. The van der Waals surface area contributed by atoms with Gasteiger partial charge in [0.15, 0.2) is 0 Å². The van der Waals surface area contributed by atoms with Crippen molar-refractivity contribution in [2.45, 2.75) is 26.4 Å². The number of carbonyl (C=O) groups excluding carboxylic acids is 1. The summed E-state index contributed by atoms with van der Waals surface area (Å²) < 4.78 is 2.01. The van der Waals surface area contributed by atoms with Crippen LogP contribution in [0.25, 0.3) is 0 Å². The van der Waals surface area contributed by atoms with E-state index in [1.54, 1.807) is 14.1 Å². The largest absolute Gasteiger partial charge is 0.337 e. The predicted molar refractivity (Wildman–Crippen MR) is 71.3 cm³/mol. The molecule has 1 heterocycles. The van der Waals surface area contributed by atoms with Crippen LogP contribution in [0.5, 0.6) is 0 Å². The Labute approximate surface area is 108 Å². The van der Waals surface area contributed by atoms with E-state index in [-0.39, 0.29) is 6.03 Å². The minimum Gasteiger partial charge on any atom is -0.337 e. The first-order chi connectivity index (χ1) is 8.65. The summed E-state index contributed by atoms with van der Waals surface area (Å²) in [5.41, 5.74) is 1.18. The first-order valence-electron chi connectivity index (χ1n) is 6.31. The van der Waals surface area contributed by atoms with Crippen LogP contribution in [0.3, 0.4) is 0 Å². The normalized spacial score (nSPS) is 10.4. The van der Waals surface area contributed by atoms with Gasteiger partial charge in [-0.1, -0.05) is 6.92 Å². The predicted octanol–water partition coefficient (Wildman–Crippen LogP) is 0.654. The van der Waals surface area contributed by atoms with Crippen molar-refractivity contribution in [2.24, 2.45) is 0 Å². The smallest absolute Gasteiger partial charge is 0.316 e. The summed E-state index contributed by atoms with van der Waals surface area (Å²) in [6.45, 7) is 5.23. The van der Waals surface area contributed by atoms with Crippen LogP contribution >= 0.6 is 0 Å². The molecule has 0 saturated heterocycles. The topological polar surface area (TPSA) is 62.2 Å². The minimum absolute atomic E-state index is 0.0622. The van der Waals surface area contributed by atoms with Crippen LogP contribution < -0.4 is 10.6 Å². The second-order valence-electron chi connectivity index (χ2n) is 4.35. The van der Waals surface area contributed by atoms with E-state index in [9.17, 15) is 4.79 Å². The quantitative estimate of drug-likeness (QED) is 0.702. The molecule has 0 radical (unpaired) electrons. The molecule has 0 fully saturated rings. The van der Waals surface area contributed by atoms with Crippen molar-refractivity contribution in [3.8, 4) is 0 Å². The molecule has 0 bridgehead atoms. The van der Waals surface area contributed by atoms with Gasteiger partial charge in [-0.2, -0.15) is 5.10 Å². The van der Waals surface area contributed by atoms with Crippen molar-refractivity contribution in [2.75, 3.05) is 27.2 Å². The average Bonchev–Trinajstić information content (AvgIpc) is 2.76. The van der Waals surface area contributed by atoms with Crippen LogP contribution in [-0.4, -0.2) is 47.9 Å². The van der Waals surface area contributed by atoms with Crippen LogP contribution in [0, 0.1) is 0 Å². The molecule has 0 aliphatic carbocycles. The molecule has 1 aromatic heterocycles. The average molecular weight is 253 g/mol. The van der Waals surface area contributed by atoms with E-state index in [4.69, 9.17) is 0 Å². The van der Waals surface area contributed by atoms with Gasteiger partial charge < -0.3 is 15.5 Å². The Morgan fingerprint density at radius 1 is 1.44 bits per heavy atom. The molecular formula is C12H23N5O. The molecule has 0 aromatic carbocycles. The number of urea groups is 1. The van der Waals surface area contributed by atoms with Crippen LogP contribution in [-0.2, 0) is 13.1 Å². The molecule has 1 aromatic rings. The molecular weight excluding hydrogens is 230 g/mol. The Bertz CT molecular complexity index is 361. The van der Waals surface area contributed by atoms with Gasteiger partial charge in [-0.3, -0.25) is 4.68 Å². The van der Waals surface area contributed by atoms with E-state index in [0.29, 0.717) is 6.54 Å². The van der Waals surface area contributed by atoms with E-state index < -0.39 is 0 Å². The summed E-state index contributed by atoms with van der Waals surface area (Å²) in [6, 6.07) is 1.95. The zero-order valence-corrected chi connectivity index (χ0v) is 11.4. The number of hydrogen-bond acceptors (Lipinski definition) is 3. The van der Waals surface area contributed by atoms with Crippen molar-refractivity contribution < 1.29 is 4.79 Å². The van der Waals surface area contributed by atoms with E-state index in [2.05, 4.69) is 22.7 Å². The van der Waals surface area contributed by atoms with Gasteiger partial charge in [0.05, 0.1) is 5.69 Å². The second-order valence-corrected chi connectivity index (χ2v) is 4.35. The lowest BCUT2D eigenvalue weighted by Gasteiger charge is -2.12. The SMILES string of the molecule is CCCn1nccc1CNCCNC(=O)N(C)C. The molecule has 2 amide bonds. The molecule has 0 saturated carbocycles. The first-order valence-corrected chi connectivity index (χ1v) is 6.31. The maximum absolute atomic E-state index is 11.2. The van der Waals surface area contributed by atoms with E-state index in [1.807, 2.05) is 16.9 Å². The van der Waals surface area contributed by atoms with Crippen molar-refractivity contribution in [3.05, 3.63) is 18.0 Å². The number of rotatable bonds is 7. The third-order valence-electron chi connectivity index (χ3n) is 2.53. The van der Waals surface area contributed by atoms with Gasteiger partial charge in [-0.15, -0.1) is 0 Å². The maximum atomic E-state index is 11.2. The standard InChI is InChI=1S/C12H23N5O/c1-4-9-17-11(5-6-15-17)10-13-7-8-14-12(18)16(2)3/h5-6,13H,4,7-10H2,1-3H3,(H,14,18). The molecule has 6 nitrogen and oxygen atoms in total. The highest BCUT2D eigenvalue weighted by molar-refractivity contribution is 5.73. The molecule has 1 rings (SSSR count). The number of nitrogens with one attached hydrogen (secondary N) is 2. The fraction of sp³-hybridized carbons (Fsp3) is 0.667. The van der Waals surface area contributed by atoms with Gasteiger partial charge in [0.1, 0.15) is 0 Å². The Hall–Kier alpha value is -1.56. The monoisotopic (exact) mass is 253 g/mol. The molecule has 2 N–H and O–H groups in total. The number of carbonyl (C=O) groups is 1. The molecule has 18 heavy (non-hydrogen) atoms. The van der Waals surface area contributed by atoms with Gasteiger partial charge in [-0.25, -0.2) is 4.79 Å². The zero-order valence-electron chi connectivity index (χ0n) is 11.4. The van der Waals surface area contributed by atoms with Crippen molar-refractivity contribution in [3.63, 3.8) is 0 Å². The van der Waals surface area contributed by atoms with E-state index >= 15 is 0 Å².